The van der Waals surface area contributed by atoms with Gasteiger partial charge in [0.1, 0.15) is 5.60 Å². The second kappa shape index (κ2) is 5.39. The van der Waals surface area contributed by atoms with E-state index in [0.29, 0.717) is 13.1 Å². The molecular weight excluding hydrogens is 218 g/mol. The summed E-state index contributed by atoms with van der Waals surface area (Å²) < 4.78 is 6.76. The van der Waals surface area contributed by atoms with Crippen molar-refractivity contribution in [1.29, 1.82) is 0 Å². The first-order valence-corrected chi connectivity index (χ1v) is 5.36. The van der Waals surface area contributed by atoms with Crippen molar-refractivity contribution in [3.8, 4) is 12.3 Å². The fourth-order valence-corrected chi connectivity index (χ4v) is 1.15. The smallest absolute Gasteiger partial charge is 0.407 e. The summed E-state index contributed by atoms with van der Waals surface area (Å²) in [7, 11) is 0. The minimum atomic E-state index is -0.480. The molecule has 0 spiro atoms. The third kappa shape index (κ3) is 5.07. The van der Waals surface area contributed by atoms with E-state index in [9.17, 15) is 4.79 Å². The Hall–Kier alpha value is -1.96. The number of carbonyl (C=O) groups excluding carboxylic acids is 1. The molecule has 0 fully saturated rings. The third-order valence-electron chi connectivity index (χ3n) is 1.81. The van der Waals surface area contributed by atoms with Gasteiger partial charge < -0.3 is 10.1 Å². The molecule has 0 atom stereocenters. The maximum Gasteiger partial charge on any atom is 0.407 e. The van der Waals surface area contributed by atoms with Crippen LogP contribution in [0.3, 0.4) is 0 Å². The fourth-order valence-electron chi connectivity index (χ4n) is 1.15. The molecule has 92 valence electrons. The van der Waals surface area contributed by atoms with E-state index < -0.39 is 11.7 Å². The Bertz CT molecular complexity index is 424. The van der Waals surface area contributed by atoms with Crippen LogP contribution in [0.25, 0.3) is 0 Å². The minimum absolute atomic E-state index is 0.429. The molecule has 1 N–H and O–H groups in total. The van der Waals surface area contributed by atoms with Gasteiger partial charge in [0.05, 0.1) is 18.3 Å². The average molecular weight is 235 g/mol. The maximum absolute atomic E-state index is 11.3. The molecule has 5 heteroatoms. The summed E-state index contributed by atoms with van der Waals surface area (Å²) in [6.07, 6.45) is 8.14. The molecule has 1 rings (SSSR count). The van der Waals surface area contributed by atoms with E-state index in [1.54, 1.807) is 17.1 Å². The van der Waals surface area contributed by atoms with E-state index in [-0.39, 0.29) is 0 Å². The van der Waals surface area contributed by atoms with Gasteiger partial charge in [-0.3, -0.25) is 4.68 Å². The standard InChI is InChI=1S/C12H17N3O2/c1-5-10-8-14-15(9-10)7-6-13-11(16)17-12(2,3)4/h1,8-9H,6-7H2,2-4H3,(H,13,16). The van der Waals surface area contributed by atoms with Crippen LogP contribution in [0.2, 0.25) is 0 Å². The molecule has 0 aromatic carbocycles. The second-order valence-corrected chi connectivity index (χ2v) is 4.57. The van der Waals surface area contributed by atoms with Gasteiger partial charge in [-0.25, -0.2) is 4.79 Å². The third-order valence-corrected chi connectivity index (χ3v) is 1.81. The maximum atomic E-state index is 11.3. The first kappa shape index (κ1) is 13.1. The normalized spacial score (nSPS) is 10.7. The highest BCUT2D eigenvalue weighted by molar-refractivity contribution is 5.67. The Kier molecular flexibility index (Phi) is 4.16. The summed E-state index contributed by atoms with van der Waals surface area (Å²) in [5.74, 6) is 2.48. The van der Waals surface area contributed by atoms with E-state index in [0.717, 1.165) is 5.56 Å². The van der Waals surface area contributed by atoms with Crippen LogP contribution in [0.5, 0.6) is 0 Å². The number of rotatable bonds is 3. The number of aromatic nitrogens is 2. The van der Waals surface area contributed by atoms with Gasteiger partial charge in [-0.05, 0) is 20.8 Å². The van der Waals surface area contributed by atoms with Crippen LogP contribution in [0, 0.1) is 12.3 Å². The number of hydrogen-bond donors (Lipinski definition) is 1. The van der Waals surface area contributed by atoms with Crippen LogP contribution in [0.4, 0.5) is 4.79 Å². The van der Waals surface area contributed by atoms with Crippen LogP contribution < -0.4 is 5.32 Å². The van der Waals surface area contributed by atoms with Gasteiger partial charge in [0.15, 0.2) is 0 Å². The largest absolute Gasteiger partial charge is 0.444 e. The molecule has 0 aliphatic carbocycles. The number of terminal acetylenes is 1. The van der Waals surface area contributed by atoms with Gasteiger partial charge in [0.2, 0.25) is 0 Å². The van der Waals surface area contributed by atoms with Crippen molar-refractivity contribution in [2.75, 3.05) is 6.54 Å². The number of hydrogen-bond acceptors (Lipinski definition) is 3. The van der Waals surface area contributed by atoms with Gasteiger partial charge in [-0.1, -0.05) is 5.92 Å². The Labute approximate surface area is 101 Å². The Morgan fingerprint density at radius 2 is 2.35 bits per heavy atom. The van der Waals surface area contributed by atoms with Gasteiger partial charge in [0.25, 0.3) is 0 Å². The molecule has 0 aliphatic rings. The summed E-state index contributed by atoms with van der Waals surface area (Å²) in [6, 6.07) is 0. The van der Waals surface area contributed by atoms with Gasteiger partial charge in [-0.15, -0.1) is 6.42 Å². The zero-order chi connectivity index (χ0) is 12.9. The van der Waals surface area contributed by atoms with Crippen molar-refractivity contribution >= 4 is 6.09 Å². The van der Waals surface area contributed by atoms with Crippen LogP contribution in [-0.2, 0) is 11.3 Å². The molecule has 0 saturated carbocycles. The van der Waals surface area contributed by atoms with Crippen LogP contribution in [0.15, 0.2) is 12.4 Å². The quantitative estimate of drug-likeness (QED) is 0.805. The van der Waals surface area contributed by atoms with E-state index >= 15 is 0 Å². The van der Waals surface area contributed by atoms with Gasteiger partial charge in [0, 0.05) is 12.7 Å². The lowest BCUT2D eigenvalue weighted by molar-refractivity contribution is 0.0525. The monoisotopic (exact) mass is 235 g/mol. The number of amides is 1. The van der Waals surface area contributed by atoms with E-state index in [2.05, 4.69) is 16.3 Å². The summed E-state index contributed by atoms with van der Waals surface area (Å²) in [4.78, 5) is 11.3. The highest BCUT2D eigenvalue weighted by Gasteiger charge is 2.15. The molecule has 1 amide bonds. The molecule has 0 bridgehead atoms. The molecule has 0 radical (unpaired) electrons. The molecule has 0 unspecified atom stereocenters. The van der Waals surface area contributed by atoms with Crippen LogP contribution >= 0.6 is 0 Å². The molecule has 1 aromatic rings. The lowest BCUT2D eigenvalue weighted by Gasteiger charge is -2.19. The molecule has 5 nitrogen and oxygen atoms in total. The van der Waals surface area contributed by atoms with Crippen molar-refractivity contribution in [2.45, 2.75) is 32.9 Å². The van der Waals surface area contributed by atoms with E-state index in [1.165, 1.54) is 0 Å². The van der Waals surface area contributed by atoms with Gasteiger partial charge in [-0.2, -0.15) is 5.10 Å². The minimum Gasteiger partial charge on any atom is -0.444 e. The zero-order valence-corrected chi connectivity index (χ0v) is 10.4. The van der Waals surface area contributed by atoms with Gasteiger partial charge >= 0.3 is 6.09 Å². The molecule has 1 aromatic heterocycles. The Morgan fingerprint density at radius 3 is 2.88 bits per heavy atom. The summed E-state index contributed by atoms with van der Waals surface area (Å²) in [5.41, 5.74) is 0.245. The summed E-state index contributed by atoms with van der Waals surface area (Å²) >= 11 is 0. The first-order chi connectivity index (χ1) is 7.90. The lowest BCUT2D eigenvalue weighted by atomic mass is 10.2. The lowest BCUT2D eigenvalue weighted by Crippen LogP contribution is -2.34. The summed E-state index contributed by atoms with van der Waals surface area (Å²) in [6.45, 7) is 6.46. The zero-order valence-electron chi connectivity index (χ0n) is 10.4. The van der Waals surface area contributed by atoms with E-state index in [1.807, 2.05) is 20.8 Å². The van der Waals surface area contributed by atoms with Crippen molar-refractivity contribution in [2.24, 2.45) is 0 Å². The molecular formula is C12H17N3O2. The highest BCUT2D eigenvalue weighted by atomic mass is 16.6. The molecule has 0 aliphatic heterocycles. The molecule has 0 saturated heterocycles. The van der Waals surface area contributed by atoms with E-state index in [4.69, 9.17) is 11.2 Å². The second-order valence-electron chi connectivity index (χ2n) is 4.57. The average Bonchev–Trinajstić information content (AvgIpc) is 2.63. The van der Waals surface area contributed by atoms with Crippen molar-refractivity contribution < 1.29 is 9.53 Å². The Morgan fingerprint density at radius 1 is 1.65 bits per heavy atom. The van der Waals surface area contributed by atoms with Crippen LogP contribution in [-0.4, -0.2) is 28.0 Å². The molecule has 1 heterocycles. The number of carbonyl (C=O) groups is 1. The van der Waals surface area contributed by atoms with Crippen molar-refractivity contribution in [3.05, 3.63) is 18.0 Å². The van der Waals surface area contributed by atoms with Crippen molar-refractivity contribution in [3.63, 3.8) is 0 Å². The summed E-state index contributed by atoms with van der Waals surface area (Å²) in [5, 5.41) is 6.68. The number of ether oxygens (including phenoxy) is 1. The Balaban J connectivity index is 2.29. The fraction of sp³-hybridized carbons (Fsp3) is 0.500. The van der Waals surface area contributed by atoms with Crippen molar-refractivity contribution in [1.82, 2.24) is 15.1 Å². The first-order valence-electron chi connectivity index (χ1n) is 5.36. The number of nitrogens with zero attached hydrogens (tertiary/aromatic N) is 2. The SMILES string of the molecule is C#Cc1cnn(CCNC(=O)OC(C)(C)C)c1. The highest BCUT2D eigenvalue weighted by Crippen LogP contribution is 2.06. The predicted octanol–water partition coefficient (Wildman–Crippen LogP) is 1.39. The molecule has 17 heavy (non-hydrogen) atoms. The number of alkyl carbamates (subject to hydrolysis) is 1. The predicted molar refractivity (Wildman–Crippen MR) is 64.4 cm³/mol. The topological polar surface area (TPSA) is 56.2 Å². The van der Waals surface area contributed by atoms with Crippen LogP contribution in [0.1, 0.15) is 26.3 Å². The number of nitrogens with one attached hydrogen (secondary N) is 1.